The first-order chi connectivity index (χ1) is 23.7. The molecule has 0 aromatic heterocycles. The molecule has 2 atom stereocenters. The van der Waals surface area contributed by atoms with E-state index in [9.17, 15) is 40.3 Å². The number of esters is 1. The number of carbonyl (C=O) groups excluding carboxylic acids is 2. The number of hydrogen-bond donors (Lipinski definition) is 0. The quantitative estimate of drug-likeness (QED) is 0.171. The van der Waals surface area contributed by atoms with E-state index in [0.29, 0.717) is 48.1 Å². The lowest BCUT2D eigenvalue weighted by atomic mass is 9.72. The molecule has 3 aromatic rings. The molecule has 0 spiro atoms. The van der Waals surface area contributed by atoms with Crippen molar-refractivity contribution in [2.45, 2.75) is 71.5 Å². The van der Waals surface area contributed by atoms with Gasteiger partial charge in [0.15, 0.2) is 0 Å². The molecule has 0 N–H and O–H groups in total. The van der Waals surface area contributed by atoms with Crippen LogP contribution in [0.25, 0.3) is 16.7 Å². The Labute approximate surface area is 289 Å². The van der Waals surface area contributed by atoms with E-state index in [0.717, 1.165) is 12.1 Å². The van der Waals surface area contributed by atoms with Gasteiger partial charge in [0.1, 0.15) is 23.5 Å². The number of allylic oxidation sites excluding steroid dienone is 1. The molecule has 0 unspecified atom stereocenters. The molecular weight excluding hydrogens is 690 g/mol. The van der Waals surface area contributed by atoms with E-state index in [1.165, 1.54) is 37.1 Å². The van der Waals surface area contributed by atoms with Crippen LogP contribution in [0.2, 0.25) is 0 Å². The van der Waals surface area contributed by atoms with E-state index in [1.807, 2.05) is 13.8 Å². The fourth-order valence-corrected chi connectivity index (χ4v) is 6.64. The molecule has 5 rings (SSSR count). The lowest BCUT2D eigenvalue weighted by molar-refractivity contribution is -0.143. The molecule has 1 fully saturated rings. The number of benzene rings is 3. The van der Waals surface area contributed by atoms with Crippen LogP contribution >= 0.6 is 0 Å². The van der Waals surface area contributed by atoms with Crippen molar-refractivity contribution in [3.8, 4) is 16.9 Å². The van der Waals surface area contributed by atoms with E-state index in [2.05, 4.69) is 0 Å². The van der Waals surface area contributed by atoms with Crippen LogP contribution in [-0.4, -0.2) is 43.3 Å². The number of amides is 1. The van der Waals surface area contributed by atoms with E-state index in [1.54, 1.807) is 6.92 Å². The standard InChI is InChI=1S/C37H35F8NO5/c1-6-50-33(47)26-8-7-20(13-29(26)38)27-15-28(31(49-5)16-30(27)39)25-9-10-35(3,4)17-22(25)18-46-19(2)32(51-34(46)48)21-11-23(36(40,41)42)14-24(12-21)37(43,44)45/h7-8,11-16,19,32H,6,9-10,17-18H2,1-5H3/t19-,32-/m0/s1. The van der Waals surface area contributed by atoms with Gasteiger partial charge in [-0.1, -0.05) is 19.9 Å². The third-order valence-electron chi connectivity index (χ3n) is 9.25. The predicted molar refractivity (Wildman–Crippen MR) is 171 cm³/mol. The fourth-order valence-electron chi connectivity index (χ4n) is 6.64. The molecule has 1 saturated heterocycles. The Hall–Kier alpha value is -4.62. The largest absolute Gasteiger partial charge is 0.496 e. The van der Waals surface area contributed by atoms with Gasteiger partial charge in [-0.3, -0.25) is 4.90 Å². The van der Waals surface area contributed by atoms with E-state index in [4.69, 9.17) is 14.2 Å². The van der Waals surface area contributed by atoms with Crippen LogP contribution in [0.5, 0.6) is 5.75 Å². The smallest absolute Gasteiger partial charge is 0.416 e. The van der Waals surface area contributed by atoms with Gasteiger partial charge in [-0.2, -0.15) is 26.3 Å². The number of ether oxygens (including phenoxy) is 3. The number of carbonyl (C=O) groups is 2. The van der Waals surface area contributed by atoms with Gasteiger partial charge >= 0.3 is 24.4 Å². The number of cyclic esters (lactones) is 1. The van der Waals surface area contributed by atoms with Crippen molar-refractivity contribution in [1.82, 2.24) is 4.90 Å². The van der Waals surface area contributed by atoms with Gasteiger partial charge < -0.3 is 14.2 Å². The average Bonchev–Trinajstić information content (AvgIpc) is 3.32. The second kappa shape index (κ2) is 13.8. The number of rotatable bonds is 8. The van der Waals surface area contributed by atoms with Gasteiger partial charge in [0, 0.05) is 23.7 Å². The van der Waals surface area contributed by atoms with Crippen molar-refractivity contribution in [3.63, 3.8) is 0 Å². The highest BCUT2D eigenvalue weighted by Gasteiger charge is 2.44. The predicted octanol–water partition coefficient (Wildman–Crippen LogP) is 10.4. The van der Waals surface area contributed by atoms with Gasteiger partial charge in [0.05, 0.1) is 36.4 Å². The van der Waals surface area contributed by atoms with Gasteiger partial charge in [-0.15, -0.1) is 0 Å². The molecule has 6 nitrogen and oxygen atoms in total. The first-order valence-corrected chi connectivity index (χ1v) is 16.1. The van der Waals surface area contributed by atoms with Gasteiger partial charge in [0.2, 0.25) is 0 Å². The van der Waals surface area contributed by atoms with E-state index >= 15 is 4.39 Å². The van der Waals surface area contributed by atoms with Gasteiger partial charge in [-0.05, 0) is 97.2 Å². The number of methoxy groups -OCH3 is 1. The highest BCUT2D eigenvalue weighted by molar-refractivity contribution is 5.90. The Kier molecular flexibility index (Phi) is 10.2. The number of halogens is 8. The van der Waals surface area contributed by atoms with Crippen LogP contribution in [0, 0.1) is 17.0 Å². The highest BCUT2D eigenvalue weighted by atomic mass is 19.4. The lowest BCUT2D eigenvalue weighted by Crippen LogP contribution is -2.35. The van der Waals surface area contributed by atoms with Gasteiger partial charge in [-0.25, -0.2) is 18.4 Å². The van der Waals surface area contributed by atoms with Crippen molar-refractivity contribution in [2.75, 3.05) is 20.3 Å². The molecule has 0 bridgehead atoms. The Bertz CT molecular complexity index is 1850. The third-order valence-corrected chi connectivity index (χ3v) is 9.25. The summed E-state index contributed by atoms with van der Waals surface area (Å²) in [7, 11) is 1.34. The summed E-state index contributed by atoms with van der Waals surface area (Å²) in [6, 6.07) is 6.34. The SMILES string of the molecule is CCOC(=O)c1ccc(-c2cc(C3=C(CN4C(=O)O[C@H](c5cc(C(F)(F)F)cc(C(F)(F)F)c5)[C@@H]4C)CC(C)(C)CC3)c(OC)cc2F)cc1F. The van der Waals surface area contributed by atoms with Crippen molar-refractivity contribution < 1.29 is 58.9 Å². The minimum atomic E-state index is -5.09. The average molecular weight is 726 g/mol. The van der Waals surface area contributed by atoms with Crippen LogP contribution < -0.4 is 4.74 Å². The summed E-state index contributed by atoms with van der Waals surface area (Å²) in [5.41, 5.74) is -2.17. The highest BCUT2D eigenvalue weighted by Crippen LogP contribution is 2.47. The van der Waals surface area contributed by atoms with Crippen molar-refractivity contribution in [2.24, 2.45) is 5.41 Å². The van der Waals surface area contributed by atoms with Crippen LogP contribution in [0.3, 0.4) is 0 Å². The third kappa shape index (κ3) is 7.84. The Morgan fingerprint density at radius 1 is 0.941 bits per heavy atom. The first kappa shape index (κ1) is 37.6. The summed E-state index contributed by atoms with van der Waals surface area (Å²) >= 11 is 0. The molecule has 1 amide bonds. The second-order valence-electron chi connectivity index (χ2n) is 13.4. The van der Waals surface area contributed by atoms with Crippen molar-refractivity contribution >= 4 is 17.6 Å². The summed E-state index contributed by atoms with van der Waals surface area (Å²) in [5, 5.41) is 0. The Balaban J connectivity index is 1.56. The molecule has 0 radical (unpaired) electrons. The van der Waals surface area contributed by atoms with E-state index in [-0.39, 0.29) is 47.1 Å². The van der Waals surface area contributed by atoms with Gasteiger partial charge in [0.25, 0.3) is 0 Å². The minimum Gasteiger partial charge on any atom is -0.496 e. The normalized spacial score (nSPS) is 19.3. The molecular formula is C37H35F8NO5. The Morgan fingerprint density at radius 3 is 2.16 bits per heavy atom. The van der Waals surface area contributed by atoms with Crippen LogP contribution in [-0.2, 0) is 21.8 Å². The topological polar surface area (TPSA) is 65.1 Å². The molecule has 1 aliphatic carbocycles. The zero-order valence-electron chi connectivity index (χ0n) is 28.3. The second-order valence-corrected chi connectivity index (χ2v) is 13.4. The summed E-state index contributed by atoms with van der Waals surface area (Å²) in [6.45, 7) is 6.98. The zero-order chi connectivity index (χ0) is 37.6. The summed E-state index contributed by atoms with van der Waals surface area (Å²) in [4.78, 5) is 26.6. The monoisotopic (exact) mass is 725 g/mol. The zero-order valence-corrected chi connectivity index (χ0v) is 28.3. The van der Waals surface area contributed by atoms with Crippen molar-refractivity contribution in [3.05, 3.63) is 93.6 Å². The molecule has 0 saturated carbocycles. The maximum atomic E-state index is 15.5. The maximum absolute atomic E-state index is 15.5. The number of nitrogens with zero attached hydrogens (tertiary/aromatic N) is 1. The lowest BCUT2D eigenvalue weighted by Gasteiger charge is -2.36. The fraction of sp³-hybridized carbons (Fsp3) is 0.405. The summed E-state index contributed by atoms with van der Waals surface area (Å²) in [5.74, 6) is -2.38. The molecule has 274 valence electrons. The number of alkyl halides is 6. The molecule has 2 aliphatic rings. The Morgan fingerprint density at radius 2 is 1.59 bits per heavy atom. The molecule has 3 aromatic carbocycles. The molecule has 1 heterocycles. The molecule has 1 aliphatic heterocycles. The van der Waals surface area contributed by atoms with Crippen molar-refractivity contribution in [1.29, 1.82) is 0 Å². The summed E-state index contributed by atoms with van der Waals surface area (Å²) in [6.07, 6.45) is -11.0. The van der Waals surface area contributed by atoms with E-state index < -0.39 is 64.9 Å². The molecule has 14 heteroatoms. The van der Waals surface area contributed by atoms with Crippen LogP contribution in [0.1, 0.15) is 85.7 Å². The molecule has 51 heavy (non-hydrogen) atoms. The minimum absolute atomic E-state index is 0.00387. The maximum Gasteiger partial charge on any atom is 0.416 e. The number of hydrogen-bond acceptors (Lipinski definition) is 5. The van der Waals surface area contributed by atoms with Crippen LogP contribution in [0.15, 0.2) is 54.1 Å². The summed E-state index contributed by atoms with van der Waals surface area (Å²) < 4.78 is 128. The first-order valence-electron chi connectivity index (χ1n) is 16.1. The van der Waals surface area contributed by atoms with Crippen LogP contribution in [0.4, 0.5) is 39.9 Å².